The van der Waals surface area contributed by atoms with Crippen LogP contribution in [-0.4, -0.2) is 47.2 Å². The number of carbonyl (C=O) groups is 1. The average Bonchev–Trinajstić information content (AvgIpc) is 2.44. The van der Waals surface area contributed by atoms with Gasteiger partial charge in [0.2, 0.25) is 0 Å². The molecule has 0 aliphatic carbocycles. The van der Waals surface area contributed by atoms with Crippen molar-refractivity contribution in [1.82, 2.24) is 0 Å². The highest BCUT2D eigenvalue weighted by Crippen LogP contribution is 2.28. The van der Waals surface area contributed by atoms with Gasteiger partial charge in [-0.15, -0.1) is 0 Å². The number of carboxylic acids is 1. The van der Waals surface area contributed by atoms with Gasteiger partial charge in [0.1, 0.15) is 0 Å². The number of ether oxygens (including phenoxy) is 2. The number of aliphatic hydroxyl groups is 1. The fourth-order valence-electron chi connectivity index (χ4n) is 1.76. The Hall–Kier alpha value is -0.650. The maximum absolute atomic E-state index is 11.3. The third-order valence-corrected chi connectivity index (χ3v) is 3.00. The van der Waals surface area contributed by atoms with Crippen molar-refractivity contribution in [1.29, 1.82) is 0 Å². The molecule has 1 aliphatic rings. The third-order valence-electron chi connectivity index (χ3n) is 3.00. The second-order valence-corrected chi connectivity index (χ2v) is 4.33. The Labute approximate surface area is 95.4 Å². The van der Waals surface area contributed by atoms with Gasteiger partial charge in [0.15, 0.2) is 5.60 Å². The van der Waals surface area contributed by atoms with Gasteiger partial charge in [-0.3, -0.25) is 0 Å². The van der Waals surface area contributed by atoms with Crippen LogP contribution in [-0.2, 0) is 14.3 Å². The van der Waals surface area contributed by atoms with E-state index in [2.05, 4.69) is 0 Å². The molecular weight excluding hydrogens is 212 g/mol. The second-order valence-electron chi connectivity index (χ2n) is 4.33. The van der Waals surface area contributed by atoms with E-state index < -0.39 is 23.8 Å². The summed E-state index contributed by atoms with van der Waals surface area (Å²) in [7, 11) is 0. The number of rotatable bonds is 4. The minimum Gasteiger partial charge on any atom is -0.479 e. The van der Waals surface area contributed by atoms with E-state index in [1.165, 1.54) is 0 Å². The lowest BCUT2D eigenvalue weighted by Crippen LogP contribution is -2.46. The second kappa shape index (κ2) is 5.61. The summed E-state index contributed by atoms with van der Waals surface area (Å²) in [4.78, 5) is 11.3. The topological polar surface area (TPSA) is 76.0 Å². The van der Waals surface area contributed by atoms with Crippen molar-refractivity contribution in [2.24, 2.45) is 0 Å². The average molecular weight is 232 g/mol. The van der Waals surface area contributed by atoms with E-state index in [-0.39, 0.29) is 0 Å². The highest BCUT2D eigenvalue weighted by molar-refractivity contribution is 5.77. The van der Waals surface area contributed by atoms with Crippen LogP contribution in [0.5, 0.6) is 0 Å². The minimum atomic E-state index is -1.20. The summed E-state index contributed by atoms with van der Waals surface area (Å²) in [6, 6.07) is 0. The maximum atomic E-state index is 11.3. The van der Waals surface area contributed by atoms with E-state index in [9.17, 15) is 15.0 Å². The summed E-state index contributed by atoms with van der Waals surface area (Å²) in [6.45, 7) is 4.23. The van der Waals surface area contributed by atoms with Crippen molar-refractivity contribution in [2.75, 3.05) is 13.2 Å². The molecule has 1 saturated heterocycles. The van der Waals surface area contributed by atoms with Crippen molar-refractivity contribution in [3.05, 3.63) is 0 Å². The van der Waals surface area contributed by atoms with Crippen LogP contribution in [0.15, 0.2) is 0 Å². The molecule has 16 heavy (non-hydrogen) atoms. The van der Waals surface area contributed by atoms with Gasteiger partial charge >= 0.3 is 5.97 Å². The first-order valence-corrected chi connectivity index (χ1v) is 5.65. The number of carboxylic acid groups (broad SMARTS) is 1. The molecule has 0 bridgehead atoms. The molecule has 3 atom stereocenters. The smallest absolute Gasteiger partial charge is 0.336 e. The van der Waals surface area contributed by atoms with E-state index in [0.29, 0.717) is 32.5 Å². The fourth-order valence-corrected chi connectivity index (χ4v) is 1.76. The number of hydrogen-bond acceptors (Lipinski definition) is 4. The third kappa shape index (κ3) is 3.17. The van der Waals surface area contributed by atoms with Crippen molar-refractivity contribution in [3.8, 4) is 0 Å². The van der Waals surface area contributed by atoms with E-state index in [4.69, 9.17) is 9.47 Å². The van der Waals surface area contributed by atoms with E-state index in [0.717, 1.165) is 0 Å². The SMILES string of the molecule is CC(O)C(C)OC1(C(=O)O)CCCOCC1. The zero-order valence-electron chi connectivity index (χ0n) is 9.81. The highest BCUT2D eigenvalue weighted by atomic mass is 16.5. The zero-order chi connectivity index (χ0) is 12.2. The molecule has 1 aliphatic heterocycles. The summed E-state index contributed by atoms with van der Waals surface area (Å²) in [6.07, 6.45) is 0.257. The lowest BCUT2D eigenvalue weighted by molar-refractivity contribution is -0.183. The van der Waals surface area contributed by atoms with Crippen molar-refractivity contribution < 1.29 is 24.5 Å². The van der Waals surface area contributed by atoms with Crippen LogP contribution in [0.2, 0.25) is 0 Å². The van der Waals surface area contributed by atoms with Crippen LogP contribution >= 0.6 is 0 Å². The predicted molar refractivity (Wildman–Crippen MR) is 57.3 cm³/mol. The molecule has 1 rings (SSSR count). The molecule has 0 aromatic rings. The Morgan fingerprint density at radius 1 is 1.38 bits per heavy atom. The molecule has 1 fully saturated rings. The zero-order valence-corrected chi connectivity index (χ0v) is 9.81. The molecule has 94 valence electrons. The summed E-state index contributed by atoms with van der Waals surface area (Å²) in [5.41, 5.74) is -1.20. The van der Waals surface area contributed by atoms with Gasteiger partial charge in [-0.25, -0.2) is 4.79 Å². The van der Waals surface area contributed by atoms with E-state index in [1.54, 1.807) is 13.8 Å². The van der Waals surface area contributed by atoms with Gasteiger partial charge in [-0.1, -0.05) is 0 Å². The lowest BCUT2D eigenvalue weighted by Gasteiger charge is -2.32. The Bertz CT molecular complexity index is 231. The van der Waals surface area contributed by atoms with Gasteiger partial charge in [-0.2, -0.15) is 0 Å². The Balaban J connectivity index is 2.74. The normalized spacial score (nSPS) is 30.4. The predicted octanol–water partition coefficient (Wildman–Crippen LogP) is 0.796. The van der Waals surface area contributed by atoms with E-state index in [1.807, 2.05) is 0 Å². The van der Waals surface area contributed by atoms with Gasteiger partial charge in [-0.05, 0) is 26.7 Å². The van der Waals surface area contributed by atoms with Gasteiger partial charge < -0.3 is 19.7 Å². The summed E-state index contributed by atoms with van der Waals surface area (Å²) < 4.78 is 10.8. The Morgan fingerprint density at radius 2 is 2.06 bits per heavy atom. The standard InChI is InChI=1S/C11H20O5/c1-8(12)9(2)16-11(10(13)14)4-3-6-15-7-5-11/h8-9,12H,3-7H2,1-2H3,(H,13,14). The Kier molecular flexibility index (Phi) is 4.70. The van der Waals surface area contributed by atoms with Crippen LogP contribution < -0.4 is 0 Å². The lowest BCUT2D eigenvalue weighted by atomic mass is 9.94. The molecule has 0 aromatic heterocycles. The first-order chi connectivity index (χ1) is 7.48. The van der Waals surface area contributed by atoms with Crippen LogP contribution in [0.25, 0.3) is 0 Å². The fraction of sp³-hybridized carbons (Fsp3) is 0.909. The van der Waals surface area contributed by atoms with Gasteiger partial charge in [0.25, 0.3) is 0 Å². The van der Waals surface area contributed by atoms with Crippen molar-refractivity contribution in [2.45, 2.75) is 50.9 Å². The molecule has 2 N–H and O–H groups in total. The molecule has 0 spiro atoms. The quantitative estimate of drug-likeness (QED) is 0.749. The van der Waals surface area contributed by atoms with Crippen LogP contribution in [0.3, 0.4) is 0 Å². The molecular formula is C11H20O5. The summed E-state index contributed by atoms with van der Waals surface area (Å²) in [5, 5.41) is 18.7. The number of aliphatic hydroxyl groups excluding tert-OH is 1. The van der Waals surface area contributed by atoms with Gasteiger partial charge in [0.05, 0.1) is 12.2 Å². The highest BCUT2D eigenvalue weighted by Gasteiger charge is 2.42. The first kappa shape index (κ1) is 13.4. The number of hydrogen-bond donors (Lipinski definition) is 2. The van der Waals surface area contributed by atoms with E-state index >= 15 is 0 Å². The molecule has 5 nitrogen and oxygen atoms in total. The number of aliphatic carboxylic acids is 1. The minimum absolute atomic E-state index is 0.333. The summed E-state index contributed by atoms with van der Waals surface area (Å²) in [5.74, 6) is -0.967. The monoisotopic (exact) mass is 232 g/mol. The largest absolute Gasteiger partial charge is 0.479 e. The molecule has 0 aromatic carbocycles. The molecule has 1 heterocycles. The van der Waals surface area contributed by atoms with Crippen LogP contribution in [0.4, 0.5) is 0 Å². The maximum Gasteiger partial charge on any atom is 0.336 e. The Morgan fingerprint density at radius 3 is 2.62 bits per heavy atom. The molecule has 0 saturated carbocycles. The first-order valence-electron chi connectivity index (χ1n) is 5.65. The van der Waals surface area contributed by atoms with Crippen molar-refractivity contribution >= 4 is 5.97 Å². The van der Waals surface area contributed by atoms with Crippen molar-refractivity contribution in [3.63, 3.8) is 0 Å². The molecule has 5 heteroatoms. The summed E-state index contributed by atoms with van der Waals surface area (Å²) >= 11 is 0. The molecule has 3 unspecified atom stereocenters. The van der Waals surface area contributed by atoms with Crippen LogP contribution in [0, 0.1) is 0 Å². The van der Waals surface area contributed by atoms with Crippen LogP contribution in [0.1, 0.15) is 33.1 Å². The molecule has 0 amide bonds. The molecule has 0 radical (unpaired) electrons. The van der Waals surface area contributed by atoms with Gasteiger partial charge in [0, 0.05) is 19.6 Å².